The zero-order valence-electron chi connectivity index (χ0n) is 11.7. The molecule has 1 rings (SSSR count). The maximum absolute atomic E-state index is 7.65. The normalized spacial score (nSPS) is 12.0. The Balaban J connectivity index is 3.14. The van der Waals surface area contributed by atoms with Gasteiger partial charge in [-0.25, -0.2) is 0 Å². The van der Waals surface area contributed by atoms with E-state index in [1.807, 2.05) is 25.2 Å². The second-order valence-corrected chi connectivity index (χ2v) is 4.55. The minimum atomic E-state index is 0.0863. The lowest BCUT2D eigenvalue weighted by molar-refractivity contribution is 0.414. The number of ether oxygens (including phenoxy) is 1. The Bertz CT molecular complexity index is 418. The van der Waals surface area contributed by atoms with Crippen LogP contribution in [-0.4, -0.2) is 26.0 Å². The van der Waals surface area contributed by atoms with Crippen molar-refractivity contribution >= 4 is 11.5 Å². The predicted octanol–water partition coefficient (Wildman–Crippen LogP) is 2.60. The molecule has 3 N–H and O–H groups in total. The Morgan fingerprint density at radius 2 is 2.17 bits per heavy atom. The lowest BCUT2D eigenvalue weighted by Gasteiger charge is -2.29. The van der Waals surface area contributed by atoms with Crippen LogP contribution in [0, 0.1) is 5.41 Å². The maximum atomic E-state index is 7.65. The predicted molar refractivity (Wildman–Crippen MR) is 76.8 cm³/mol. The molecule has 0 amide bonds. The number of amidine groups is 1. The SMILES string of the molecule is CCCC(C)N(C)c1cc(OC)ccc1C(=N)N. The molecule has 0 aliphatic rings. The zero-order chi connectivity index (χ0) is 13.7. The molecule has 1 atom stereocenters. The molecule has 0 aliphatic heterocycles. The van der Waals surface area contributed by atoms with Crippen LogP contribution in [0.25, 0.3) is 0 Å². The van der Waals surface area contributed by atoms with Gasteiger partial charge >= 0.3 is 0 Å². The van der Waals surface area contributed by atoms with Gasteiger partial charge in [0.2, 0.25) is 0 Å². The highest BCUT2D eigenvalue weighted by atomic mass is 16.5. The largest absolute Gasteiger partial charge is 0.497 e. The van der Waals surface area contributed by atoms with Gasteiger partial charge in [0.05, 0.1) is 12.8 Å². The number of nitrogens with zero attached hydrogens (tertiary/aromatic N) is 1. The first-order valence-corrected chi connectivity index (χ1v) is 6.26. The number of rotatable bonds is 6. The van der Waals surface area contributed by atoms with Crippen molar-refractivity contribution in [1.82, 2.24) is 0 Å². The molecule has 0 spiro atoms. The number of nitrogens with one attached hydrogen (secondary N) is 1. The van der Waals surface area contributed by atoms with Gasteiger partial charge in [0.15, 0.2) is 0 Å². The van der Waals surface area contributed by atoms with Crippen molar-refractivity contribution in [3.05, 3.63) is 23.8 Å². The Morgan fingerprint density at radius 1 is 1.50 bits per heavy atom. The molecule has 0 aromatic heterocycles. The van der Waals surface area contributed by atoms with Crippen LogP contribution in [0.4, 0.5) is 5.69 Å². The summed E-state index contributed by atoms with van der Waals surface area (Å²) in [5.74, 6) is 0.869. The van der Waals surface area contributed by atoms with Gasteiger partial charge < -0.3 is 15.4 Å². The maximum Gasteiger partial charge on any atom is 0.124 e. The number of nitrogen functional groups attached to an aromatic ring is 1. The molecular weight excluding hydrogens is 226 g/mol. The Hall–Kier alpha value is -1.71. The van der Waals surface area contributed by atoms with E-state index in [1.165, 1.54) is 0 Å². The number of benzene rings is 1. The minimum Gasteiger partial charge on any atom is -0.497 e. The molecule has 1 aromatic carbocycles. The topological polar surface area (TPSA) is 62.3 Å². The highest BCUT2D eigenvalue weighted by molar-refractivity contribution is 6.00. The lowest BCUT2D eigenvalue weighted by atomic mass is 10.1. The molecule has 0 fully saturated rings. The van der Waals surface area contributed by atoms with E-state index in [-0.39, 0.29) is 5.84 Å². The second kappa shape index (κ2) is 6.28. The van der Waals surface area contributed by atoms with Crippen molar-refractivity contribution in [2.24, 2.45) is 5.73 Å². The Labute approximate surface area is 109 Å². The molecule has 0 radical (unpaired) electrons. The van der Waals surface area contributed by atoms with Crippen LogP contribution >= 0.6 is 0 Å². The Kier molecular flexibility index (Phi) is 5.01. The molecule has 18 heavy (non-hydrogen) atoms. The summed E-state index contributed by atoms with van der Waals surface area (Å²) in [6, 6.07) is 6.01. The zero-order valence-corrected chi connectivity index (χ0v) is 11.7. The van der Waals surface area contributed by atoms with E-state index >= 15 is 0 Å². The molecular formula is C14H23N3O. The van der Waals surface area contributed by atoms with E-state index in [2.05, 4.69) is 18.7 Å². The van der Waals surface area contributed by atoms with Crippen molar-refractivity contribution in [2.45, 2.75) is 32.7 Å². The first kappa shape index (κ1) is 14.4. The Morgan fingerprint density at radius 3 is 2.67 bits per heavy atom. The highest BCUT2D eigenvalue weighted by Gasteiger charge is 2.15. The van der Waals surface area contributed by atoms with Crippen LogP contribution in [0.5, 0.6) is 5.75 Å². The van der Waals surface area contributed by atoms with Crippen molar-refractivity contribution < 1.29 is 4.74 Å². The van der Waals surface area contributed by atoms with E-state index in [1.54, 1.807) is 7.11 Å². The smallest absolute Gasteiger partial charge is 0.124 e. The fourth-order valence-electron chi connectivity index (χ4n) is 2.01. The number of nitrogens with two attached hydrogens (primary N) is 1. The van der Waals surface area contributed by atoms with Gasteiger partial charge in [0, 0.05) is 24.7 Å². The first-order chi connectivity index (χ1) is 8.51. The summed E-state index contributed by atoms with van der Waals surface area (Å²) in [5, 5.41) is 7.65. The number of methoxy groups -OCH3 is 1. The van der Waals surface area contributed by atoms with Gasteiger partial charge in [-0.15, -0.1) is 0 Å². The molecule has 100 valence electrons. The lowest BCUT2D eigenvalue weighted by Crippen LogP contribution is -2.30. The van der Waals surface area contributed by atoms with Gasteiger partial charge in [-0.05, 0) is 25.5 Å². The fourth-order valence-corrected chi connectivity index (χ4v) is 2.01. The van der Waals surface area contributed by atoms with Crippen molar-refractivity contribution in [1.29, 1.82) is 5.41 Å². The van der Waals surface area contributed by atoms with Gasteiger partial charge in [0.25, 0.3) is 0 Å². The van der Waals surface area contributed by atoms with Crippen LogP contribution in [0.1, 0.15) is 32.3 Å². The van der Waals surface area contributed by atoms with E-state index in [4.69, 9.17) is 15.9 Å². The number of anilines is 1. The van der Waals surface area contributed by atoms with Gasteiger partial charge in [0.1, 0.15) is 11.6 Å². The quantitative estimate of drug-likeness (QED) is 0.601. The van der Waals surface area contributed by atoms with Crippen LogP contribution in [-0.2, 0) is 0 Å². The van der Waals surface area contributed by atoms with E-state index in [0.29, 0.717) is 6.04 Å². The average Bonchev–Trinajstić information content (AvgIpc) is 2.37. The fraction of sp³-hybridized carbons (Fsp3) is 0.500. The molecule has 4 heteroatoms. The third kappa shape index (κ3) is 3.15. The third-order valence-corrected chi connectivity index (χ3v) is 3.24. The van der Waals surface area contributed by atoms with Crippen LogP contribution in [0.2, 0.25) is 0 Å². The average molecular weight is 249 g/mol. The van der Waals surface area contributed by atoms with E-state index < -0.39 is 0 Å². The molecule has 1 unspecified atom stereocenters. The number of hydrogen-bond acceptors (Lipinski definition) is 3. The summed E-state index contributed by atoms with van der Waals surface area (Å²) in [6.07, 6.45) is 2.23. The summed E-state index contributed by atoms with van der Waals surface area (Å²) in [5.41, 5.74) is 7.33. The summed E-state index contributed by atoms with van der Waals surface area (Å²) in [4.78, 5) is 2.16. The highest BCUT2D eigenvalue weighted by Crippen LogP contribution is 2.27. The van der Waals surface area contributed by atoms with Crippen LogP contribution < -0.4 is 15.4 Å². The monoisotopic (exact) mass is 249 g/mol. The minimum absolute atomic E-state index is 0.0863. The summed E-state index contributed by atoms with van der Waals surface area (Å²) in [6.45, 7) is 4.34. The van der Waals surface area contributed by atoms with Gasteiger partial charge in [-0.1, -0.05) is 13.3 Å². The standard InChI is InChI=1S/C14H23N3O/c1-5-6-10(2)17(3)13-9-11(18-4)7-8-12(13)14(15)16/h7-10H,5-6H2,1-4H3,(H3,15,16). The molecule has 4 nitrogen and oxygen atoms in total. The van der Waals surface area contributed by atoms with Crippen LogP contribution in [0.3, 0.4) is 0 Å². The van der Waals surface area contributed by atoms with Crippen molar-refractivity contribution in [3.8, 4) is 5.75 Å². The first-order valence-electron chi connectivity index (χ1n) is 6.26. The van der Waals surface area contributed by atoms with Gasteiger partial charge in [-0.3, -0.25) is 5.41 Å². The molecule has 0 saturated heterocycles. The molecule has 1 aromatic rings. The molecule has 0 saturated carbocycles. The summed E-state index contributed by atoms with van der Waals surface area (Å²) in [7, 11) is 3.67. The number of hydrogen-bond donors (Lipinski definition) is 2. The van der Waals surface area contributed by atoms with E-state index in [9.17, 15) is 0 Å². The molecule has 0 bridgehead atoms. The van der Waals surface area contributed by atoms with Gasteiger partial charge in [-0.2, -0.15) is 0 Å². The van der Waals surface area contributed by atoms with Crippen molar-refractivity contribution in [3.63, 3.8) is 0 Å². The summed E-state index contributed by atoms with van der Waals surface area (Å²) < 4.78 is 5.24. The second-order valence-electron chi connectivity index (χ2n) is 4.55. The molecule has 0 aliphatic carbocycles. The third-order valence-electron chi connectivity index (χ3n) is 3.24. The van der Waals surface area contributed by atoms with Crippen LogP contribution in [0.15, 0.2) is 18.2 Å². The van der Waals surface area contributed by atoms with Crippen molar-refractivity contribution in [2.75, 3.05) is 19.1 Å². The molecule has 0 heterocycles. The van der Waals surface area contributed by atoms with E-state index in [0.717, 1.165) is 29.8 Å². The summed E-state index contributed by atoms with van der Waals surface area (Å²) >= 11 is 0.